The molecule has 1 unspecified atom stereocenters. The van der Waals surface area contributed by atoms with Crippen molar-refractivity contribution in [3.63, 3.8) is 0 Å². The van der Waals surface area contributed by atoms with Crippen LogP contribution in [0.2, 0.25) is 0 Å². The molecule has 1 nitrogen and oxygen atoms in total. The molecule has 0 bridgehead atoms. The Bertz CT molecular complexity index is 156. The highest BCUT2D eigenvalue weighted by Gasteiger charge is 2.06. The molecular weight excluding hydrogens is 361 g/mol. The SMILES string of the molecule is CSC(CCCCCNC(C)C)CCCSI. The Balaban J connectivity index is 3.30. The summed E-state index contributed by atoms with van der Waals surface area (Å²) in [5.41, 5.74) is 0. The van der Waals surface area contributed by atoms with Crippen molar-refractivity contribution in [2.75, 3.05) is 18.6 Å². The van der Waals surface area contributed by atoms with Gasteiger partial charge in [-0.15, -0.1) is 0 Å². The van der Waals surface area contributed by atoms with Crippen molar-refractivity contribution >= 4 is 41.9 Å². The molecule has 0 rings (SSSR count). The van der Waals surface area contributed by atoms with Gasteiger partial charge >= 0.3 is 0 Å². The maximum absolute atomic E-state index is 3.48. The van der Waals surface area contributed by atoms with Crippen LogP contribution >= 0.6 is 41.9 Å². The highest BCUT2D eigenvalue weighted by molar-refractivity contribution is 14.2. The molecule has 0 spiro atoms. The summed E-state index contributed by atoms with van der Waals surface area (Å²) >= 11 is 4.46. The third-order valence-corrected chi connectivity index (χ3v) is 5.74. The molecule has 0 saturated heterocycles. The van der Waals surface area contributed by atoms with Gasteiger partial charge in [-0.2, -0.15) is 11.8 Å². The summed E-state index contributed by atoms with van der Waals surface area (Å²) in [6.45, 7) is 5.62. The predicted molar refractivity (Wildman–Crippen MR) is 94.6 cm³/mol. The first-order chi connectivity index (χ1) is 8.20. The monoisotopic (exact) mass is 389 g/mol. The van der Waals surface area contributed by atoms with Crippen molar-refractivity contribution < 1.29 is 0 Å². The number of thioether (sulfide) groups is 1. The van der Waals surface area contributed by atoms with Crippen LogP contribution in [0.15, 0.2) is 0 Å². The van der Waals surface area contributed by atoms with Crippen molar-refractivity contribution in [2.45, 2.75) is 63.7 Å². The second kappa shape index (κ2) is 13.8. The summed E-state index contributed by atoms with van der Waals surface area (Å²) in [6.07, 6.45) is 10.6. The lowest BCUT2D eigenvalue weighted by atomic mass is 10.1. The number of nitrogens with one attached hydrogen (secondary N) is 1. The van der Waals surface area contributed by atoms with E-state index < -0.39 is 0 Å². The van der Waals surface area contributed by atoms with Crippen LogP contribution in [0.3, 0.4) is 0 Å². The molecule has 0 heterocycles. The molecule has 0 aromatic carbocycles. The maximum Gasteiger partial charge on any atom is 0.00445 e. The number of unbranched alkanes of at least 4 members (excludes halogenated alkanes) is 2. The summed E-state index contributed by atoms with van der Waals surface area (Å²) in [5.74, 6) is 1.32. The first-order valence-corrected chi connectivity index (χ1v) is 11.5. The molecule has 0 saturated carbocycles. The van der Waals surface area contributed by atoms with Gasteiger partial charge in [-0.3, -0.25) is 0 Å². The van der Waals surface area contributed by atoms with Crippen molar-refractivity contribution in [1.82, 2.24) is 5.32 Å². The molecule has 1 N–H and O–H groups in total. The van der Waals surface area contributed by atoms with E-state index in [1.807, 2.05) is 8.93 Å². The molecule has 0 aromatic rings. The van der Waals surface area contributed by atoms with E-state index in [1.165, 1.54) is 50.8 Å². The molecule has 0 radical (unpaired) electrons. The summed E-state index contributed by atoms with van der Waals surface area (Å²) in [6, 6.07) is 0.639. The second-order valence-electron chi connectivity index (χ2n) is 4.77. The number of halogens is 1. The third-order valence-electron chi connectivity index (χ3n) is 2.84. The molecule has 0 amide bonds. The molecule has 0 aliphatic carbocycles. The maximum atomic E-state index is 3.48. The first kappa shape index (κ1) is 18.4. The number of hydrogen-bond donors (Lipinski definition) is 1. The van der Waals surface area contributed by atoms with Crippen molar-refractivity contribution in [2.24, 2.45) is 0 Å². The van der Waals surface area contributed by atoms with Crippen molar-refractivity contribution in [1.29, 1.82) is 0 Å². The molecule has 17 heavy (non-hydrogen) atoms. The summed E-state index contributed by atoms with van der Waals surface area (Å²) < 4.78 is 0. The van der Waals surface area contributed by atoms with E-state index in [1.54, 1.807) is 0 Å². The van der Waals surface area contributed by atoms with Crippen LogP contribution in [0, 0.1) is 0 Å². The van der Waals surface area contributed by atoms with E-state index in [0.717, 1.165) is 5.25 Å². The van der Waals surface area contributed by atoms with Gasteiger partial charge in [-0.25, -0.2) is 0 Å². The van der Waals surface area contributed by atoms with Crippen LogP contribution in [0.4, 0.5) is 0 Å². The van der Waals surface area contributed by atoms with E-state index in [-0.39, 0.29) is 0 Å². The van der Waals surface area contributed by atoms with Crippen LogP contribution in [-0.4, -0.2) is 29.8 Å². The van der Waals surface area contributed by atoms with Crippen LogP contribution in [0.1, 0.15) is 52.4 Å². The Morgan fingerprint density at radius 3 is 2.35 bits per heavy atom. The molecule has 0 aromatic heterocycles. The lowest BCUT2D eigenvalue weighted by Crippen LogP contribution is -2.23. The quantitative estimate of drug-likeness (QED) is 0.367. The minimum absolute atomic E-state index is 0.639. The van der Waals surface area contributed by atoms with Crippen LogP contribution in [-0.2, 0) is 0 Å². The fourth-order valence-electron chi connectivity index (χ4n) is 1.81. The molecule has 0 aliphatic heterocycles. The Morgan fingerprint density at radius 1 is 1.06 bits per heavy atom. The second-order valence-corrected chi connectivity index (χ2v) is 8.40. The Labute approximate surface area is 129 Å². The standard InChI is InChI=1S/C13H28INS2/c1-12(2)15-10-6-4-5-8-13(16-3)9-7-11-17-14/h12-13,15H,4-11H2,1-3H3. The minimum Gasteiger partial charge on any atom is -0.315 e. The van der Waals surface area contributed by atoms with Gasteiger partial charge in [0.15, 0.2) is 0 Å². The number of rotatable bonds is 12. The molecular formula is C13H28INS2. The van der Waals surface area contributed by atoms with Gasteiger partial charge in [0, 0.05) is 17.0 Å². The fourth-order valence-corrected chi connectivity index (χ4v) is 3.82. The van der Waals surface area contributed by atoms with Crippen LogP contribution < -0.4 is 5.32 Å². The molecule has 0 fully saturated rings. The van der Waals surface area contributed by atoms with Gasteiger partial charge in [-0.1, -0.05) is 35.6 Å². The largest absolute Gasteiger partial charge is 0.315 e. The zero-order valence-electron chi connectivity index (χ0n) is 11.5. The molecule has 4 heteroatoms. The first-order valence-electron chi connectivity index (χ1n) is 6.70. The fraction of sp³-hybridized carbons (Fsp3) is 1.00. The summed E-state index contributed by atoms with van der Waals surface area (Å²) in [7, 11) is 1.94. The average molecular weight is 389 g/mol. The lowest BCUT2D eigenvalue weighted by molar-refractivity contribution is 0.535. The third kappa shape index (κ3) is 13.6. The van der Waals surface area contributed by atoms with Gasteiger partial charge < -0.3 is 5.32 Å². The highest BCUT2D eigenvalue weighted by atomic mass is 127. The summed E-state index contributed by atoms with van der Waals surface area (Å²) in [5, 5.41) is 4.38. The van der Waals surface area contributed by atoms with Gasteiger partial charge in [0.1, 0.15) is 0 Å². The van der Waals surface area contributed by atoms with E-state index in [0.29, 0.717) is 6.04 Å². The van der Waals surface area contributed by atoms with Crippen LogP contribution in [0.25, 0.3) is 0 Å². The topological polar surface area (TPSA) is 12.0 Å². The molecule has 104 valence electrons. The normalized spacial score (nSPS) is 13.2. The Kier molecular flexibility index (Phi) is 14.9. The Morgan fingerprint density at radius 2 is 1.76 bits per heavy atom. The lowest BCUT2D eigenvalue weighted by Gasteiger charge is -2.14. The average Bonchev–Trinajstić information content (AvgIpc) is 2.31. The smallest absolute Gasteiger partial charge is 0.00445 e. The minimum atomic E-state index is 0.639. The van der Waals surface area contributed by atoms with Crippen LogP contribution in [0.5, 0.6) is 0 Å². The van der Waals surface area contributed by atoms with Gasteiger partial charge in [0.25, 0.3) is 0 Å². The predicted octanol–water partition coefficient (Wildman–Crippen LogP) is 5.14. The van der Waals surface area contributed by atoms with Gasteiger partial charge in [0.05, 0.1) is 0 Å². The van der Waals surface area contributed by atoms with Gasteiger partial charge in [0.2, 0.25) is 0 Å². The van der Waals surface area contributed by atoms with E-state index in [2.05, 4.69) is 58.4 Å². The van der Waals surface area contributed by atoms with Gasteiger partial charge in [-0.05, 0) is 59.7 Å². The van der Waals surface area contributed by atoms with Crippen molar-refractivity contribution in [3.8, 4) is 0 Å². The van der Waals surface area contributed by atoms with E-state index >= 15 is 0 Å². The van der Waals surface area contributed by atoms with E-state index in [9.17, 15) is 0 Å². The highest BCUT2D eigenvalue weighted by Crippen LogP contribution is 2.22. The molecule has 1 atom stereocenters. The van der Waals surface area contributed by atoms with Crippen molar-refractivity contribution in [3.05, 3.63) is 0 Å². The zero-order chi connectivity index (χ0) is 12.9. The molecule has 0 aliphatic rings. The summed E-state index contributed by atoms with van der Waals surface area (Å²) in [4.78, 5) is 0. The zero-order valence-corrected chi connectivity index (χ0v) is 15.3. The Hall–Kier alpha value is 1.39. The number of hydrogen-bond acceptors (Lipinski definition) is 3. The van der Waals surface area contributed by atoms with E-state index in [4.69, 9.17) is 0 Å².